The summed E-state index contributed by atoms with van der Waals surface area (Å²) in [5.74, 6) is 0.376. The lowest BCUT2D eigenvalue weighted by Gasteiger charge is -2.36. The van der Waals surface area contributed by atoms with Gasteiger partial charge in [0.15, 0.2) is 11.6 Å². The number of rotatable bonds is 2. The Hall–Kier alpha value is -2.35. The van der Waals surface area contributed by atoms with Crippen LogP contribution >= 0.6 is 0 Å². The molecule has 0 amide bonds. The maximum Gasteiger partial charge on any atom is 0.196 e. The summed E-state index contributed by atoms with van der Waals surface area (Å²) >= 11 is 0. The molecule has 0 unspecified atom stereocenters. The van der Waals surface area contributed by atoms with Gasteiger partial charge in [-0.3, -0.25) is 4.79 Å². The van der Waals surface area contributed by atoms with E-state index in [1.807, 2.05) is 37.9 Å². The topological polar surface area (TPSA) is 59.7 Å². The van der Waals surface area contributed by atoms with Crippen LogP contribution in [0.3, 0.4) is 0 Å². The Labute approximate surface area is 112 Å². The minimum atomic E-state index is -0.421. The molecule has 0 N–H and O–H groups in total. The Morgan fingerprint density at radius 1 is 1.32 bits per heavy atom. The van der Waals surface area contributed by atoms with Crippen molar-refractivity contribution in [2.45, 2.75) is 26.4 Å². The van der Waals surface area contributed by atoms with Crippen molar-refractivity contribution in [2.24, 2.45) is 5.10 Å². The van der Waals surface area contributed by atoms with Gasteiger partial charge in [0.05, 0.1) is 17.3 Å². The van der Waals surface area contributed by atoms with E-state index >= 15 is 0 Å². The average Bonchev–Trinajstić information content (AvgIpc) is 2.61. The Bertz CT molecular complexity index is 580. The van der Waals surface area contributed by atoms with Crippen molar-refractivity contribution >= 4 is 17.3 Å². The van der Waals surface area contributed by atoms with Gasteiger partial charge in [-0.15, -0.1) is 5.10 Å². The second-order valence-electron chi connectivity index (χ2n) is 5.00. The number of carbonyl (C=O) groups is 1. The summed E-state index contributed by atoms with van der Waals surface area (Å²) in [7, 11) is 1.85. The van der Waals surface area contributed by atoms with Crippen LogP contribution in [0.2, 0.25) is 0 Å². The molecule has 0 bridgehead atoms. The van der Waals surface area contributed by atoms with Gasteiger partial charge in [0.25, 0.3) is 0 Å². The van der Waals surface area contributed by atoms with Gasteiger partial charge in [0.2, 0.25) is 0 Å². The maximum absolute atomic E-state index is 11.6. The molecule has 0 saturated heterocycles. The molecule has 19 heavy (non-hydrogen) atoms. The molecule has 1 heterocycles. The molecule has 1 aromatic carbocycles. The Morgan fingerprint density at radius 2 is 1.89 bits per heavy atom. The molecule has 0 aromatic heterocycles. The van der Waals surface area contributed by atoms with Gasteiger partial charge in [-0.1, -0.05) is 0 Å². The van der Waals surface area contributed by atoms with Crippen LogP contribution in [0.25, 0.3) is 0 Å². The van der Waals surface area contributed by atoms with Crippen molar-refractivity contribution in [3.63, 3.8) is 0 Å². The first-order valence-corrected chi connectivity index (χ1v) is 6.01. The maximum atomic E-state index is 11.6. The van der Waals surface area contributed by atoms with E-state index < -0.39 is 5.66 Å². The summed E-state index contributed by atoms with van der Waals surface area (Å²) < 4.78 is 0. The number of amidine groups is 1. The van der Waals surface area contributed by atoms with Crippen molar-refractivity contribution in [3.8, 4) is 6.07 Å². The standard InChI is InChI=1S/C14H16N4O/c1-10(19)13-16-18(14(2,3)17(13)4)12-7-5-11(9-15)6-8-12/h5-8H,1-4H3. The Morgan fingerprint density at radius 3 is 2.32 bits per heavy atom. The van der Waals surface area contributed by atoms with E-state index in [4.69, 9.17) is 5.26 Å². The summed E-state index contributed by atoms with van der Waals surface area (Å²) in [5, 5.41) is 15.0. The summed E-state index contributed by atoms with van der Waals surface area (Å²) in [4.78, 5) is 13.4. The lowest BCUT2D eigenvalue weighted by atomic mass is 10.1. The predicted molar refractivity (Wildman–Crippen MR) is 73.6 cm³/mol. The third-order valence-corrected chi connectivity index (χ3v) is 3.41. The molecule has 98 valence electrons. The summed E-state index contributed by atoms with van der Waals surface area (Å²) in [6.07, 6.45) is 0. The van der Waals surface area contributed by atoms with Gasteiger partial charge in [0, 0.05) is 14.0 Å². The van der Waals surface area contributed by atoms with Crippen LogP contribution in [0.4, 0.5) is 5.69 Å². The fourth-order valence-corrected chi connectivity index (χ4v) is 2.04. The fraction of sp³-hybridized carbons (Fsp3) is 0.357. The summed E-state index contributed by atoms with van der Waals surface area (Å²) in [6, 6.07) is 9.24. The second kappa shape index (κ2) is 4.39. The normalized spacial score (nSPS) is 17.1. The van der Waals surface area contributed by atoms with Crippen molar-refractivity contribution in [3.05, 3.63) is 29.8 Å². The first-order chi connectivity index (χ1) is 8.87. The van der Waals surface area contributed by atoms with E-state index in [1.54, 1.807) is 17.1 Å². The predicted octanol–water partition coefficient (Wildman–Crippen LogP) is 1.95. The number of carbonyl (C=O) groups excluding carboxylic acids is 1. The molecular weight excluding hydrogens is 240 g/mol. The summed E-state index contributed by atoms with van der Waals surface area (Å²) in [5.41, 5.74) is 1.03. The average molecular weight is 256 g/mol. The number of nitrogens with zero attached hydrogens (tertiary/aromatic N) is 4. The highest BCUT2D eigenvalue weighted by molar-refractivity contribution is 6.38. The zero-order valence-electron chi connectivity index (χ0n) is 11.5. The zero-order valence-corrected chi connectivity index (χ0v) is 11.5. The number of hydrogen-bond acceptors (Lipinski definition) is 5. The SMILES string of the molecule is CC(=O)C1=NN(c2ccc(C#N)cc2)C(C)(C)N1C. The smallest absolute Gasteiger partial charge is 0.196 e. The van der Waals surface area contributed by atoms with E-state index in [0.717, 1.165) is 5.69 Å². The van der Waals surface area contributed by atoms with Crippen LogP contribution in [0, 0.1) is 11.3 Å². The highest BCUT2D eigenvalue weighted by atomic mass is 16.1. The number of nitriles is 1. The van der Waals surface area contributed by atoms with Gasteiger partial charge < -0.3 is 4.90 Å². The first kappa shape index (κ1) is 13.1. The van der Waals surface area contributed by atoms with E-state index in [1.165, 1.54) is 6.92 Å². The number of Topliss-reactive ketones (excluding diaryl/α,β-unsaturated/α-hetero) is 1. The molecule has 0 fully saturated rings. The molecule has 2 rings (SSSR count). The highest BCUT2D eigenvalue weighted by Crippen LogP contribution is 2.32. The number of likely N-dealkylation sites (N-methyl/N-ethyl adjacent to an activating group) is 1. The van der Waals surface area contributed by atoms with Crippen molar-refractivity contribution in [2.75, 3.05) is 12.1 Å². The molecule has 1 aliphatic heterocycles. The van der Waals surface area contributed by atoms with Crippen molar-refractivity contribution in [1.82, 2.24) is 4.90 Å². The van der Waals surface area contributed by atoms with Crippen LogP contribution < -0.4 is 5.01 Å². The minimum Gasteiger partial charge on any atom is -0.331 e. The van der Waals surface area contributed by atoms with Crippen molar-refractivity contribution in [1.29, 1.82) is 5.26 Å². The number of hydrazone groups is 1. The number of ketones is 1. The van der Waals surface area contributed by atoms with Crippen LogP contribution in [0.15, 0.2) is 29.4 Å². The van der Waals surface area contributed by atoms with Gasteiger partial charge in [-0.25, -0.2) is 5.01 Å². The molecule has 0 spiro atoms. The minimum absolute atomic E-state index is 0.0632. The zero-order chi connectivity index (χ0) is 14.2. The second-order valence-corrected chi connectivity index (χ2v) is 5.00. The van der Waals surface area contributed by atoms with Gasteiger partial charge in [-0.05, 0) is 38.1 Å². The van der Waals surface area contributed by atoms with Crippen molar-refractivity contribution < 1.29 is 4.79 Å². The van der Waals surface area contributed by atoms with Crippen LogP contribution in [-0.4, -0.2) is 29.2 Å². The molecule has 0 aliphatic carbocycles. The quantitative estimate of drug-likeness (QED) is 0.811. The molecule has 5 nitrogen and oxygen atoms in total. The Kier molecular flexibility index (Phi) is 3.03. The molecule has 0 radical (unpaired) electrons. The monoisotopic (exact) mass is 256 g/mol. The van der Waals surface area contributed by atoms with E-state index in [-0.39, 0.29) is 5.78 Å². The number of hydrogen-bond donors (Lipinski definition) is 0. The van der Waals surface area contributed by atoms with Gasteiger partial charge in [-0.2, -0.15) is 5.26 Å². The van der Waals surface area contributed by atoms with E-state index in [9.17, 15) is 4.79 Å². The van der Waals surface area contributed by atoms with Crippen LogP contribution in [0.1, 0.15) is 26.3 Å². The number of anilines is 1. The largest absolute Gasteiger partial charge is 0.331 e. The van der Waals surface area contributed by atoms with Crippen LogP contribution in [-0.2, 0) is 4.79 Å². The third-order valence-electron chi connectivity index (χ3n) is 3.41. The fourth-order valence-electron chi connectivity index (χ4n) is 2.04. The highest BCUT2D eigenvalue weighted by Gasteiger charge is 2.41. The van der Waals surface area contributed by atoms with E-state index in [0.29, 0.717) is 11.4 Å². The first-order valence-electron chi connectivity index (χ1n) is 6.01. The number of benzene rings is 1. The van der Waals surface area contributed by atoms with Gasteiger partial charge >= 0.3 is 0 Å². The summed E-state index contributed by atoms with van der Waals surface area (Å²) in [6.45, 7) is 5.49. The molecule has 5 heteroatoms. The molecule has 1 aliphatic rings. The lowest BCUT2D eigenvalue weighted by molar-refractivity contribution is -0.111. The Balaban J connectivity index is 2.43. The van der Waals surface area contributed by atoms with Crippen LogP contribution in [0.5, 0.6) is 0 Å². The molecule has 1 aromatic rings. The lowest BCUT2D eigenvalue weighted by Crippen LogP contribution is -2.50. The van der Waals surface area contributed by atoms with Gasteiger partial charge in [0.1, 0.15) is 5.66 Å². The molecule has 0 atom stereocenters. The van der Waals surface area contributed by atoms with E-state index in [2.05, 4.69) is 11.2 Å². The molecule has 0 saturated carbocycles. The molecular formula is C14H16N4O. The third kappa shape index (κ3) is 2.06.